The molecule has 1 N–H and O–H groups in total. The summed E-state index contributed by atoms with van der Waals surface area (Å²) in [5, 5.41) is 3.44. The molecule has 2 saturated heterocycles. The first-order valence-electron chi connectivity index (χ1n) is 9.21. The summed E-state index contributed by atoms with van der Waals surface area (Å²) in [7, 11) is 0. The Balaban J connectivity index is 0.00000208. The minimum absolute atomic E-state index is 0. The van der Waals surface area contributed by atoms with E-state index in [1.165, 1.54) is 0 Å². The number of furan rings is 1. The zero-order valence-electron chi connectivity index (χ0n) is 15.1. The summed E-state index contributed by atoms with van der Waals surface area (Å²) in [6, 6.07) is 4.70. The predicted molar refractivity (Wildman–Crippen MR) is 98.4 cm³/mol. The van der Waals surface area contributed by atoms with Gasteiger partial charge in [0.1, 0.15) is 11.5 Å². The fourth-order valence-electron chi connectivity index (χ4n) is 4.03. The minimum atomic E-state index is 0. The van der Waals surface area contributed by atoms with E-state index in [9.17, 15) is 4.79 Å². The number of halogens is 1. The molecular weight excluding hydrogens is 324 g/mol. The summed E-state index contributed by atoms with van der Waals surface area (Å²) >= 11 is 0. The van der Waals surface area contributed by atoms with E-state index in [-0.39, 0.29) is 24.4 Å². The molecule has 136 valence electrons. The normalized spacial score (nSPS) is 30.7. The molecule has 1 aromatic rings. The standard InChI is InChI=1S/C19H30N2O2.ClH/c1-4-16-5-6-18(23-16)17-11-13(2)8-10-21(17)19(22)15-7-9-20-14(3)12-15;/h5-6,13-15,17,20H,4,7-12H2,1-3H3;1H/t13?,14-,15-,17?;/m0./s1. The molecule has 0 saturated carbocycles. The maximum Gasteiger partial charge on any atom is 0.226 e. The maximum absolute atomic E-state index is 13.1. The molecule has 3 heterocycles. The topological polar surface area (TPSA) is 45.5 Å². The average Bonchev–Trinajstić information content (AvgIpc) is 3.03. The molecule has 1 aromatic heterocycles. The molecule has 3 rings (SSSR count). The van der Waals surface area contributed by atoms with Crippen LogP contribution in [0, 0.1) is 11.8 Å². The van der Waals surface area contributed by atoms with Crippen molar-refractivity contribution in [3.8, 4) is 0 Å². The van der Waals surface area contributed by atoms with E-state index in [0.717, 1.165) is 56.7 Å². The lowest BCUT2D eigenvalue weighted by molar-refractivity contribution is -0.142. The van der Waals surface area contributed by atoms with Gasteiger partial charge in [-0.1, -0.05) is 13.8 Å². The molecule has 24 heavy (non-hydrogen) atoms. The number of aryl methyl sites for hydroxylation is 1. The van der Waals surface area contributed by atoms with E-state index in [1.54, 1.807) is 0 Å². The second-order valence-electron chi connectivity index (χ2n) is 7.41. The van der Waals surface area contributed by atoms with Gasteiger partial charge in [0.25, 0.3) is 0 Å². The van der Waals surface area contributed by atoms with Crippen molar-refractivity contribution in [2.24, 2.45) is 11.8 Å². The van der Waals surface area contributed by atoms with Crippen LogP contribution in [0.2, 0.25) is 0 Å². The number of likely N-dealkylation sites (tertiary alicyclic amines) is 1. The summed E-state index contributed by atoms with van der Waals surface area (Å²) in [5.41, 5.74) is 0. The van der Waals surface area contributed by atoms with Crippen molar-refractivity contribution >= 4 is 18.3 Å². The van der Waals surface area contributed by atoms with E-state index in [0.29, 0.717) is 17.9 Å². The Kier molecular flexibility index (Phi) is 6.76. The first-order chi connectivity index (χ1) is 11.1. The number of hydrogen-bond acceptors (Lipinski definition) is 3. The summed E-state index contributed by atoms with van der Waals surface area (Å²) in [4.78, 5) is 15.2. The number of carbonyl (C=O) groups is 1. The smallest absolute Gasteiger partial charge is 0.226 e. The zero-order valence-corrected chi connectivity index (χ0v) is 15.9. The van der Waals surface area contributed by atoms with E-state index < -0.39 is 0 Å². The molecule has 2 aliphatic rings. The Morgan fingerprint density at radius 1 is 1.29 bits per heavy atom. The van der Waals surface area contributed by atoms with Crippen LogP contribution in [0.15, 0.2) is 16.5 Å². The van der Waals surface area contributed by atoms with Gasteiger partial charge < -0.3 is 14.6 Å². The quantitative estimate of drug-likeness (QED) is 0.893. The van der Waals surface area contributed by atoms with Crippen molar-refractivity contribution in [2.75, 3.05) is 13.1 Å². The Morgan fingerprint density at radius 2 is 2.08 bits per heavy atom. The van der Waals surface area contributed by atoms with Crippen LogP contribution in [0.3, 0.4) is 0 Å². The molecular formula is C19H31ClN2O2. The molecule has 0 aliphatic carbocycles. The first-order valence-corrected chi connectivity index (χ1v) is 9.21. The fraction of sp³-hybridized carbons (Fsp3) is 0.737. The van der Waals surface area contributed by atoms with Crippen LogP contribution in [0.25, 0.3) is 0 Å². The van der Waals surface area contributed by atoms with Crippen LogP contribution >= 0.6 is 12.4 Å². The van der Waals surface area contributed by atoms with Crippen LogP contribution in [0.1, 0.15) is 64.0 Å². The van der Waals surface area contributed by atoms with E-state index in [1.807, 2.05) is 0 Å². The van der Waals surface area contributed by atoms with Gasteiger partial charge in [-0.25, -0.2) is 0 Å². The lowest BCUT2D eigenvalue weighted by Crippen LogP contribution is -2.47. The van der Waals surface area contributed by atoms with Crippen LogP contribution in [-0.2, 0) is 11.2 Å². The third-order valence-electron chi connectivity index (χ3n) is 5.48. The number of amides is 1. The first kappa shape index (κ1) is 19.3. The van der Waals surface area contributed by atoms with E-state index >= 15 is 0 Å². The SMILES string of the molecule is CCc1ccc(C2CC(C)CCN2C(=O)[C@H]2CCN[C@@H](C)C2)o1.Cl. The van der Waals surface area contributed by atoms with Gasteiger partial charge in [0.15, 0.2) is 0 Å². The molecule has 1 amide bonds. The molecule has 2 fully saturated rings. The average molecular weight is 355 g/mol. The summed E-state index contributed by atoms with van der Waals surface area (Å²) in [6.45, 7) is 8.38. The molecule has 2 aliphatic heterocycles. The van der Waals surface area contributed by atoms with Crippen LogP contribution in [0.5, 0.6) is 0 Å². The minimum Gasteiger partial charge on any atom is -0.464 e. The Morgan fingerprint density at radius 3 is 2.75 bits per heavy atom. The van der Waals surface area contributed by atoms with Gasteiger partial charge in [0.05, 0.1) is 6.04 Å². The van der Waals surface area contributed by atoms with Crippen molar-refractivity contribution in [3.05, 3.63) is 23.7 Å². The number of nitrogens with zero attached hydrogens (tertiary/aromatic N) is 1. The predicted octanol–water partition coefficient (Wildman–Crippen LogP) is 3.95. The highest BCUT2D eigenvalue weighted by Gasteiger charge is 2.37. The second-order valence-corrected chi connectivity index (χ2v) is 7.41. The van der Waals surface area contributed by atoms with Crippen LogP contribution in [0.4, 0.5) is 0 Å². The highest BCUT2D eigenvalue weighted by Crippen LogP contribution is 2.37. The van der Waals surface area contributed by atoms with Crippen molar-refractivity contribution in [3.63, 3.8) is 0 Å². The number of piperidine rings is 2. The third kappa shape index (κ3) is 4.15. The van der Waals surface area contributed by atoms with Gasteiger partial charge in [0, 0.05) is 24.9 Å². The van der Waals surface area contributed by atoms with Gasteiger partial charge >= 0.3 is 0 Å². The number of hydrogen-bond donors (Lipinski definition) is 1. The maximum atomic E-state index is 13.1. The molecule has 0 aromatic carbocycles. The van der Waals surface area contributed by atoms with Gasteiger partial charge in [-0.3, -0.25) is 4.79 Å². The van der Waals surface area contributed by atoms with Gasteiger partial charge in [-0.05, 0) is 57.2 Å². The molecule has 5 heteroatoms. The lowest BCUT2D eigenvalue weighted by Gasteiger charge is -2.40. The highest BCUT2D eigenvalue weighted by molar-refractivity contribution is 5.85. The number of nitrogens with one attached hydrogen (secondary N) is 1. The molecule has 0 radical (unpaired) electrons. The zero-order chi connectivity index (χ0) is 16.4. The Labute approximate surface area is 151 Å². The van der Waals surface area contributed by atoms with Crippen molar-refractivity contribution < 1.29 is 9.21 Å². The molecule has 0 bridgehead atoms. The Bertz CT molecular complexity index is 545. The lowest BCUT2D eigenvalue weighted by atomic mass is 9.87. The number of carbonyl (C=O) groups excluding carboxylic acids is 1. The molecule has 4 atom stereocenters. The molecule has 2 unspecified atom stereocenters. The highest BCUT2D eigenvalue weighted by atomic mass is 35.5. The van der Waals surface area contributed by atoms with Crippen molar-refractivity contribution in [1.82, 2.24) is 10.2 Å². The summed E-state index contributed by atoms with van der Waals surface area (Å²) in [5.74, 6) is 3.14. The second kappa shape index (κ2) is 8.39. The van der Waals surface area contributed by atoms with Gasteiger partial charge in [-0.2, -0.15) is 0 Å². The van der Waals surface area contributed by atoms with Gasteiger partial charge in [0.2, 0.25) is 5.91 Å². The van der Waals surface area contributed by atoms with Gasteiger partial charge in [-0.15, -0.1) is 12.4 Å². The van der Waals surface area contributed by atoms with Crippen molar-refractivity contribution in [2.45, 2.75) is 65.0 Å². The summed E-state index contributed by atoms with van der Waals surface area (Å²) in [6.07, 6.45) is 4.94. The fourth-order valence-corrected chi connectivity index (χ4v) is 4.03. The van der Waals surface area contributed by atoms with E-state index in [2.05, 4.69) is 43.1 Å². The monoisotopic (exact) mass is 354 g/mol. The largest absolute Gasteiger partial charge is 0.464 e. The summed E-state index contributed by atoms with van der Waals surface area (Å²) < 4.78 is 6.00. The molecule has 4 nitrogen and oxygen atoms in total. The van der Waals surface area contributed by atoms with E-state index in [4.69, 9.17) is 4.42 Å². The molecule has 0 spiro atoms. The van der Waals surface area contributed by atoms with Crippen LogP contribution in [-0.4, -0.2) is 29.9 Å². The van der Waals surface area contributed by atoms with Crippen LogP contribution < -0.4 is 5.32 Å². The third-order valence-corrected chi connectivity index (χ3v) is 5.48. The Hall–Kier alpha value is -1.00. The van der Waals surface area contributed by atoms with Crippen molar-refractivity contribution in [1.29, 1.82) is 0 Å². The number of rotatable bonds is 3.